The molecule has 0 aliphatic carbocycles. The molecular formula is C12H15ClN2O2. The molecule has 1 rings (SSSR count). The topological polar surface area (TPSA) is 49.4 Å². The Kier molecular flexibility index (Phi) is 5.49. The summed E-state index contributed by atoms with van der Waals surface area (Å²) in [7, 11) is 1.64. The Morgan fingerprint density at radius 2 is 1.94 bits per heavy atom. The van der Waals surface area contributed by atoms with Crippen LogP contribution in [0.3, 0.4) is 0 Å². The van der Waals surface area contributed by atoms with Crippen LogP contribution in [-0.2, 0) is 11.2 Å². The number of imide groups is 1. The normalized spacial score (nSPS) is 9.76. The van der Waals surface area contributed by atoms with E-state index in [1.54, 1.807) is 7.05 Å². The van der Waals surface area contributed by atoms with E-state index in [0.29, 0.717) is 6.54 Å². The third-order valence-electron chi connectivity index (χ3n) is 2.29. The molecule has 0 bridgehead atoms. The number of likely N-dealkylation sites (N-methyl/N-ethyl adjacent to an activating group) is 1. The van der Waals surface area contributed by atoms with Crippen LogP contribution in [0.25, 0.3) is 0 Å². The molecule has 17 heavy (non-hydrogen) atoms. The van der Waals surface area contributed by atoms with E-state index in [2.05, 4.69) is 5.32 Å². The molecule has 4 nitrogen and oxygen atoms in total. The number of carbonyl (C=O) groups excluding carboxylic acids is 2. The van der Waals surface area contributed by atoms with Crippen molar-refractivity contribution in [3.8, 4) is 0 Å². The monoisotopic (exact) mass is 254 g/mol. The molecular weight excluding hydrogens is 240 g/mol. The molecule has 0 radical (unpaired) electrons. The molecule has 0 heterocycles. The first-order valence-electron chi connectivity index (χ1n) is 5.28. The van der Waals surface area contributed by atoms with Gasteiger partial charge in [-0.2, -0.15) is 0 Å². The fourth-order valence-corrected chi connectivity index (χ4v) is 1.36. The van der Waals surface area contributed by atoms with Crippen molar-refractivity contribution in [1.29, 1.82) is 0 Å². The van der Waals surface area contributed by atoms with Gasteiger partial charge in [0.1, 0.15) is 5.88 Å². The van der Waals surface area contributed by atoms with Crippen molar-refractivity contribution in [2.24, 2.45) is 0 Å². The number of carbonyl (C=O) groups is 2. The van der Waals surface area contributed by atoms with E-state index in [1.165, 1.54) is 4.90 Å². The summed E-state index contributed by atoms with van der Waals surface area (Å²) in [6.07, 6.45) is 0.750. The minimum Gasteiger partial charge on any atom is -0.327 e. The van der Waals surface area contributed by atoms with Gasteiger partial charge in [0.05, 0.1) is 0 Å². The third-order valence-corrected chi connectivity index (χ3v) is 2.54. The molecule has 5 heteroatoms. The lowest BCUT2D eigenvalue weighted by molar-refractivity contribution is -0.117. The summed E-state index contributed by atoms with van der Waals surface area (Å²) in [4.78, 5) is 23.8. The van der Waals surface area contributed by atoms with E-state index in [1.807, 2.05) is 30.3 Å². The van der Waals surface area contributed by atoms with Crippen molar-refractivity contribution in [2.45, 2.75) is 6.42 Å². The van der Waals surface area contributed by atoms with Crippen LogP contribution in [0.4, 0.5) is 4.79 Å². The lowest BCUT2D eigenvalue weighted by atomic mass is 10.1. The average molecular weight is 255 g/mol. The number of halogens is 1. The zero-order valence-corrected chi connectivity index (χ0v) is 10.4. The summed E-state index contributed by atoms with van der Waals surface area (Å²) in [5.41, 5.74) is 1.15. The highest BCUT2D eigenvalue weighted by atomic mass is 35.5. The van der Waals surface area contributed by atoms with Crippen LogP contribution >= 0.6 is 11.6 Å². The molecule has 3 amide bonds. The van der Waals surface area contributed by atoms with Crippen LogP contribution in [-0.4, -0.2) is 36.3 Å². The summed E-state index contributed by atoms with van der Waals surface area (Å²) in [6.45, 7) is 0.547. The summed E-state index contributed by atoms with van der Waals surface area (Å²) in [6, 6.07) is 9.41. The summed E-state index contributed by atoms with van der Waals surface area (Å²) in [5, 5.41) is 2.18. The number of hydrogen-bond donors (Lipinski definition) is 1. The van der Waals surface area contributed by atoms with Crippen LogP contribution < -0.4 is 5.32 Å². The Balaban J connectivity index is 2.37. The van der Waals surface area contributed by atoms with Crippen LogP contribution in [0.15, 0.2) is 30.3 Å². The Morgan fingerprint density at radius 1 is 1.29 bits per heavy atom. The first-order chi connectivity index (χ1) is 8.13. The first kappa shape index (κ1) is 13.5. The Labute approximate surface area is 106 Å². The second-order valence-corrected chi connectivity index (χ2v) is 3.91. The van der Waals surface area contributed by atoms with Crippen LogP contribution in [0.1, 0.15) is 5.56 Å². The smallest absolute Gasteiger partial charge is 0.323 e. The van der Waals surface area contributed by atoms with Gasteiger partial charge in [-0.15, -0.1) is 11.6 Å². The number of rotatable bonds is 4. The number of amides is 3. The number of benzene rings is 1. The molecule has 1 aromatic rings. The van der Waals surface area contributed by atoms with Gasteiger partial charge in [-0.1, -0.05) is 30.3 Å². The maximum Gasteiger partial charge on any atom is 0.323 e. The largest absolute Gasteiger partial charge is 0.327 e. The molecule has 0 aliphatic heterocycles. The molecule has 0 spiro atoms. The van der Waals surface area contributed by atoms with Gasteiger partial charge in [-0.3, -0.25) is 10.1 Å². The Hall–Kier alpha value is -1.55. The van der Waals surface area contributed by atoms with Crippen molar-refractivity contribution in [3.63, 3.8) is 0 Å². The number of hydrogen-bond acceptors (Lipinski definition) is 2. The van der Waals surface area contributed by atoms with Crippen molar-refractivity contribution < 1.29 is 9.59 Å². The van der Waals surface area contributed by atoms with Crippen LogP contribution in [0.2, 0.25) is 0 Å². The maximum atomic E-state index is 11.5. The van der Waals surface area contributed by atoms with Crippen LogP contribution in [0.5, 0.6) is 0 Å². The number of alkyl halides is 1. The van der Waals surface area contributed by atoms with Crippen molar-refractivity contribution in [1.82, 2.24) is 10.2 Å². The molecule has 1 aromatic carbocycles. The molecule has 0 aromatic heterocycles. The maximum absolute atomic E-state index is 11.5. The fraction of sp³-hybridized carbons (Fsp3) is 0.333. The zero-order valence-electron chi connectivity index (χ0n) is 9.65. The van der Waals surface area contributed by atoms with Crippen molar-refractivity contribution in [3.05, 3.63) is 35.9 Å². The van der Waals surface area contributed by atoms with E-state index < -0.39 is 11.9 Å². The number of urea groups is 1. The van der Waals surface area contributed by atoms with Gasteiger partial charge in [0.25, 0.3) is 0 Å². The third kappa shape index (κ3) is 4.87. The molecule has 0 unspecified atom stereocenters. The molecule has 0 aliphatic rings. The highest BCUT2D eigenvalue weighted by Gasteiger charge is 2.11. The standard InChI is InChI=1S/C12H15ClN2O2/c1-15(12(17)14-11(16)9-13)8-7-10-5-3-2-4-6-10/h2-6H,7-9H2,1H3,(H,14,16,17). The average Bonchev–Trinajstić information content (AvgIpc) is 2.36. The van der Waals surface area contributed by atoms with Crippen LogP contribution in [0, 0.1) is 0 Å². The first-order valence-corrected chi connectivity index (χ1v) is 5.81. The minimum absolute atomic E-state index is 0.210. The SMILES string of the molecule is CN(CCc1ccccc1)C(=O)NC(=O)CCl. The summed E-state index contributed by atoms with van der Waals surface area (Å²) < 4.78 is 0. The van der Waals surface area contributed by atoms with E-state index in [9.17, 15) is 9.59 Å². The van der Waals surface area contributed by atoms with E-state index in [4.69, 9.17) is 11.6 Å². The highest BCUT2D eigenvalue weighted by Crippen LogP contribution is 2.00. The molecule has 0 saturated carbocycles. The molecule has 1 N–H and O–H groups in total. The highest BCUT2D eigenvalue weighted by molar-refractivity contribution is 6.28. The Bertz CT molecular complexity index is 381. The molecule has 92 valence electrons. The lowest BCUT2D eigenvalue weighted by Crippen LogP contribution is -2.42. The van der Waals surface area contributed by atoms with Gasteiger partial charge in [0.15, 0.2) is 0 Å². The zero-order chi connectivity index (χ0) is 12.7. The predicted octanol–water partition coefficient (Wildman–Crippen LogP) is 1.64. The minimum atomic E-state index is -0.483. The van der Waals surface area contributed by atoms with E-state index in [-0.39, 0.29) is 5.88 Å². The van der Waals surface area contributed by atoms with Gasteiger partial charge < -0.3 is 4.90 Å². The van der Waals surface area contributed by atoms with Gasteiger partial charge in [-0.05, 0) is 12.0 Å². The van der Waals surface area contributed by atoms with E-state index in [0.717, 1.165) is 12.0 Å². The van der Waals surface area contributed by atoms with Crippen molar-refractivity contribution >= 4 is 23.5 Å². The Morgan fingerprint density at radius 3 is 2.53 bits per heavy atom. The second-order valence-electron chi connectivity index (χ2n) is 3.64. The van der Waals surface area contributed by atoms with Gasteiger partial charge in [-0.25, -0.2) is 4.79 Å². The van der Waals surface area contributed by atoms with Gasteiger partial charge in [0, 0.05) is 13.6 Å². The summed E-state index contributed by atoms with van der Waals surface area (Å²) >= 11 is 5.29. The second kappa shape index (κ2) is 6.91. The lowest BCUT2D eigenvalue weighted by Gasteiger charge is -2.16. The molecule has 0 atom stereocenters. The molecule has 0 saturated heterocycles. The van der Waals surface area contributed by atoms with Gasteiger partial charge in [0.2, 0.25) is 5.91 Å². The van der Waals surface area contributed by atoms with Gasteiger partial charge >= 0.3 is 6.03 Å². The fourth-order valence-electron chi connectivity index (χ4n) is 1.29. The predicted molar refractivity (Wildman–Crippen MR) is 67.0 cm³/mol. The number of nitrogens with one attached hydrogen (secondary N) is 1. The van der Waals surface area contributed by atoms with E-state index >= 15 is 0 Å². The quantitative estimate of drug-likeness (QED) is 0.831. The number of nitrogens with zero attached hydrogens (tertiary/aromatic N) is 1. The van der Waals surface area contributed by atoms with Crippen molar-refractivity contribution in [2.75, 3.05) is 19.5 Å². The molecule has 0 fully saturated rings. The summed E-state index contributed by atoms with van der Waals surface area (Å²) in [5.74, 6) is -0.693.